The highest BCUT2D eigenvalue weighted by Gasteiger charge is 2.44. The lowest BCUT2D eigenvalue weighted by Crippen LogP contribution is -2.42. The largest absolute Gasteiger partial charge is 0.495 e. The minimum Gasteiger partial charge on any atom is -0.495 e. The third-order valence-corrected chi connectivity index (χ3v) is 6.20. The molecule has 2 amide bonds. The van der Waals surface area contributed by atoms with E-state index in [-0.39, 0.29) is 11.8 Å². The van der Waals surface area contributed by atoms with Crippen molar-refractivity contribution in [2.45, 2.75) is 27.2 Å². The highest BCUT2D eigenvalue weighted by molar-refractivity contribution is 6.46. The van der Waals surface area contributed by atoms with Gasteiger partial charge in [-0.1, -0.05) is 55.3 Å². The van der Waals surface area contributed by atoms with Crippen LogP contribution in [0.1, 0.15) is 31.4 Å². The maximum Gasteiger partial charge on any atom is 0.282 e. The molecule has 0 aliphatic carbocycles. The zero-order valence-electron chi connectivity index (χ0n) is 18.3. The van der Waals surface area contributed by atoms with Gasteiger partial charge in [0.05, 0.1) is 18.4 Å². The molecule has 0 bridgehead atoms. The number of aryl methyl sites for hydroxylation is 1. The SMILES string of the molecule is COc1ccc(Cl)cc1N1C(=O)C(c2ccc(C)cc2)=C(N2CC(C)CC(C)C2)C1=O. The van der Waals surface area contributed by atoms with E-state index in [2.05, 4.69) is 18.7 Å². The molecule has 0 spiro atoms. The van der Waals surface area contributed by atoms with E-state index in [0.717, 1.165) is 30.6 Å². The number of likely N-dealkylation sites (tertiary alicyclic amines) is 1. The fourth-order valence-corrected chi connectivity index (χ4v) is 4.86. The maximum absolute atomic E-state index is 13.8. The number of amides is 2. The molecule has 2 atom stereocenters. The van der Waals surface area contributed by atoms with Crippen molar-refractivity contribution < 1.29 is 14.3 Å². The molecule has 0 N–H and O–H groups in total. The fraction of sp³-hybridized carbons (Fsp3) is 0.360. The number of piperidine rings is 1. The number of nitrogens with zero attached hydrogens (tertiary/aromatic N) is 2. The molecule has 6 heteroatoms. The van der Waals surface area contributed by atoms with Crippen molar-refractivity contribution in [3.8, 4) is 5.75 Å². The van der Waals surface area contributed by atoms with Crippen LogP contribution >= 0.6 is 11.6 Å². The Hall–Kier alpha value is -2.79. The second kappa shape index (κ2) is 8.39. The van der Waals surface area contributed by atoms with Crippen LogP contribution in [0.15, 0.2) is 48.2 Å². The Labute approximate surface area is 188 Å². The summed E-state index contributed by atoms with van der Waals surface area (Å²) < 4.78 is 5.44. The van der Waals surface area contributed by atoms with Gasteiger partial charge in [-0.05, 0) is 48.9 Å². The van der Waals surface area contributed by atoms with Crippen molar-refractivity contribution >= 4 is 34.7 Å². The average molecular weight is 439 g/mol. The van der Waals surface area contributed by atoms with Gasteiger partial charge in [-0.3, -0.25) is 9.59 Å². The Morgan fingerprint density at radius 3 is 2.23 bits per heavy atom. The first-order valence-corrected chi connectivity index (χ1v) is 11.0. The molecular weight excluding hydrogens is 412 g/mol. The molecule has 5 nitrogen and oxygen atoms in total. The van der Waals surface area contributed by atoms with E-state index >= 15 is 0 Å². The quantitative estimate of drug-likeness (QED) is 0.636. The summed E-state index contributed by atoms with van der Waals surface area (Å²) in [6.07, 6.45) is 1.11. The van der Waals surface area contributed by atoms with Crippen LogP contribution in [0.2, 0.25) is 5.02 Å². The van der Waals surface area contributed by atoms with Gasteiger partial charge in [0.2, 0.25) is 0 Å². The predicted molar refractivity (Wildman–Crippen MR) is 123 cm³/mol. The number of carbonyl (C=O) groups excluding carboxylic acids is 2. The van der Waals surface area contributed by atoms with Gasteiger partial charge in [0.1, 0.15) is 11.4 Å². The smallest absolute Gasteiger partial charge is 0.282 e. The number of halogens is 1. The van der Waals surface area contributed by atoms with Crippen molar-refractivity contribution in [1.82, 2.24) is 4.90 Å². The predicted octanol–water partition coefficient (Wildman–Crippen LogP) is 4.92. The highest BCUT2D eigenvalue weighted by atomic mass is 35.5. The van der Waals surface area contributed by atoms with Gasteiger partial charge in [-0.25, -0.2) is 4.90 Å². The number of hydrogen-bond donors (Lipinski definition) is 0. The highest BCUT2D eigenvalue weighted by Crippen LogP contribution is 2.41. The molecule has 0 radical (unpaired) electrons. The van der Waals surface area contributed by atoms with Gasteiger partial charge in [0.25, 0.3) is 11.8 Å². The molecule has 2 aliphatic heterocycles. The van der Waals surface area contributed by atoms with E-state index < -0.39 is 0 Å². The number of imide groups is 1. The van der Waals surface area contributed by atoms with Gasteiger partial charge in [-0.2, -0.15) is 0 Å². The van der Waals surface area contributed by atoms with Crippen LogP contribution in [0.3, 0.4) is 0 Å². The topological polar surface area (TPSA) is 49.9 Å². The first-order valence-electron chi connectivity index (χ1n) is 10.6. The minimum atomic E-state index is -0.352. The number of carbonyl (C=O) groups is 2. The van der Waals surface area contributed by atoms with Crippen LogP contribution in [0.25, 0.3) is 5.57 Å². The van der Waals surface area contributed by atoms with Crippen molar-refractivity contribution in [3.63, 3.8) is 0 Å². The summed E-state index contributed by atoms with van der Waals surface area (Å²) in [6.45, 7) is 7.86. The molecule has 2 aromatic rings. The van der Waals surface area contributed by atoms with Gasteiger partial charge in [0.15, 0.2) is 0 Å². The van der Waals surface area contributed by atoms with Crippen molar-refractivity contribution in [3.05, 3.63) is 64.3 Å². The molecule has 1 saturated heterocycles. The molecule has 31 heavy (non-hydrogen) atoms. The fourth-order valence-electron chi connectivity index (χ4n) is 4.69. The first-order chi connectivity index (χ1) is 14.8. The number of rotatable bonds is 4. The van der Waals surface area contributed by atoms with Gasteiger partial charge in [0, 0.05) is 18.1 Å². The van der Waals surface area contributed by atoms with Crippen LogP contribution in [0.5, 0.6) is 5.75 Å². The molecule has 0 aromatic heterocycles. The summed E-state index contributed by atoms with van der Waals surface area (Å²) >= 11 is 6.21. The number of benzene rings is 2. The zero-order valence-corrected chi connectivity index (χ0v) is 19.1. The zero-order chi connectivity index (χ0) is 22.3. The summed E-state index contributed by atoms with van der Waals surface area (Å²) in [5.41, 5.74) is 3.11. The lowest BCUT2D eigenvalue weighted by Gasteiger charge is -2.37. The number of anilines is 1. The molecule has 1 fully saturated rings. The van der Waals surface area contributed by atoms with E-state index in [0.29, 0.717) is 39.6 Å². The van der Waals surface area contributed by atoms with E-state index in [1.165, 1.54) is 12.0 Å². The maximum atomic E-state index is 13.8. The molecule has 2 aromatic carbocycles. The van der Waals surface area contributed by atoms with Crippen LogP contribution in [-0.2, 0) is 9.59 Å². The number of ether oxygens (including phenoxy) is 1. The second-order valence-electron chi connectivity index (χ2n) is 8.70. The molecule has 162 valence electrons. The Balaban J connectivity index is 1.87. The van der Waals surface area contributed by atoms with Gasteiger partial charge in [-0.15, -0.1) is 0 Å². The van der Waals surface area contributed by atoms with E-state index in [1.54, 1.807) is 18.2 Å². The standard InChI is InChI=1S/C25H27ClN2O3/c1-15-5-7-18(8-6-15)22-23(27-13-16(2)11-17(3)14-27)25(30)28(24(22)29)20-12-19(26)9-10-21(20)31-4/h5-10,12,16-17H,11,13-14H2,1-4H3. The monoisotopic (exact) mass is 438 g/mol. The van der Waals surface area contributed by atoms with Crippen LogP contribution in [0.4, 0.5) is 5.69 Å². The Morgan fingerprint density at radius 2 is 1.61 bits per heavy atom. The van der Waals surface area contributed by atoms with Crippen molar-refractivity contribution in [2.24, 2.45) is 11.8 Å². The van der Waals surface area contributed by atoms with E-state index in [9.17, 15) is 9.59 Å². The minimum absolute atomic E-state index is 0.331. The Morgan fingerprint density at radius 1 is 0.968 bits per heavy atom. The van der Waals surface area contributed by atoms with E-state index in [1.807, 2.05) is 31.2 Å². The molecule has 2 heterocycles. The summed E-state index contributed by atoms with van der Waals surface area (Å²) in [6, 6.07) is 12.7. The third-order valence-electron chi connectivity index (χ3n) is 5.97. The summed E-state index contributed by atoms with van der Waals surface area (Å²) in [4.78, 5) is 30.8. The Kier molecular flexibility index (Phi) is 5.80. The lowest BCUT2D eigenvalue weighted by atomic mass is 9.91. The average Bonchev–Trinajstić information content (AvgIpc) is 2.98. The Bertz CT molecular complexity index is 1050. The van der Waals surface area contributed by atoms with Crippen LogP contribution in [0, 0.1) is 18.8 Å². The molecule has 2 unspecified atom stereocenters. The summed E-state index contributed by atoms with van der Waals surface area (Å²) in [5, 5.41) is 0.432. The van der Waals surface area contributed by atoms with Crippen molar-refractivity contribution in [1.29, 1.82) is 0 Å². The van der Waals surface area contributed by atoms with Crippen LogP contribution < -0.4 is 9.64 Å². The van der Waals surface area contributed by atoms with E-state index in [4.69, 9.17) is 16.3 Å². The summed E-state index contributed by atoms with van der Waals surface area (Å²) in [7, 11) is 1.51. The lowest BCUT2D eigenvalue weighted by molar-refractivity contribution is -0.120. The summed E-state index contributed by atoms with van der Waals surface area (Å²) in [5.74, 6) is 0.620. The first kappa shape index (κ1) is 21.4. The second-order valence-corrected chi connectivity index (χ2v) is 9.14. The normalized spacial score (nSPS) is 21.8. The van der Waals surface area contributed by atoms with Gasteiger partial charge < -0.3 is 9.64 Å². The van der Waals surface area contributed by atoms with Gasteiger partial charge >= 0.3 is 0 Å². The van der Waals surface area contributed by atoms with Crippen LogP contribution in [-0.4, -0.2) is 36.9 Å². The molecule has 4 rings (SSSR count). The molecule has 0 saturated carbocycles. The number of hydrogen-bond acceptors (Lipinski definition) is 4. The molecule has 2 aliphatic rings. The third kappa shape index (κ3) is 3.94. The number of methoxy groups -OCH3 is 1. The molecular formula is C25H27ClN2O3. The van der Waals surface area contributed by atoms with Crippen molar-refractivity contribution in [2.75, 3.05) is 25.1 Å².